The lowest BCUT2D eigenvalue weighted by Gasteiger charge is -2.07. The molecule has 6 nitrogen and oxygen atoms in total. The van der Waals surface area contributed by atoms with Gasteiger partial charge in [-0.15, -0.1) is 11.3 Å². The van der Waals surface area contributed by atoms with Gasteiger partial charge in [0.05, 0.1) is 27.4 Å². The van der Waals surface area contributed by atoms with E-state index < -0.39 is 23.2 Å². The van der Waals surface area contributed by atoms with Crippen molar-refractivity contribution in [3.8, 4) is 5.69 Å². The zero-order valence-corrected chi connectivity index (χ0v) is 15.6. The molecule has 146 valence electrons. The highest BCUT2D eigenvalue weighted by molar-refractivity contribution is 7.12. The third-order valence-electron chi connectivity index (χ3n) is 3.96. The number of rotatable bonds is 4. The van der Waals surface area contributed by atoms with Crippen LogP contribution in [0.3, 0.4) is 0 Å². The SMILES string of the molecule is CC(=NNC(=O)c1cccs1)c1c(C)[nH]n(-c2ccc(C(F)(F)F)cc2)c1=O. The average Bonchev–Trinajstić information content (AvgIpc) is 3.27. The number of aromatic nitrogens is 2. The molecule has 2 heterocycles. The number of nitrogens with zero attached hydrogens (tertiary/aromatic N) is 2. The molecule has 2 aromatic heterocycles. The number of H-pyrrole nitrogens is 1. The fourth-order valence-electron chi connectivity index (χ4n) is 2.61. The number of benzene rings is 1. The monoisotopic (exact) mass is 408 g/mol. The van der Waals surface area contributed by atoms with E-state index in [1.807, 2.05) is 0 Å². The van der Waals surface area contributed by atoms with Crippen LogP contribution in [0, 0.1) is 6.92 Å². The fourth-order valence-corrected chi connectivity index (χ4v) is 3.22. The molecule has 0 radical (unpaired) electrons. The third kappa shape index (κ3) is 3.91. The molecule has 3 rings (SSSR count). The Morgan fingerprint density at radius 1 is 1.21 bits per heavy atom. The van der Waals surface area contributed by atoms with Gasteiger partial charge in [-0.2, -0.15) is 18.3 Å². The van der Waals surface area contributed by atoms with Gasteiger partial charge >= 0.3 is 6.18 Å². The van der Waals surface area contributed by atoms with E-state index in [9.17, 15) is 22.8 Å². The number of alkyl halides is 3. The molecule has 0 saturated heterocycles. The van der Waals surface area contributed by atoms with Gasteiger partial charge in [-0.25, -0.2) is 10.1 Å². The van der Waals surface area contributed by atoms with Gasteiger partial charge in [0.25, 0.3) is 11.5 Å². The van der Waals surface area contributed by atoms with Gasteiger partial charge in [0, 0.05) is 5.69 Å². The van der Waals surface area contributed by atoms with Crippen LogP contribution in [0.25, 0.3) is 5.69 Å². The van der Waals surface area contributed by atoms with Crippen molar-refractivity contribution in [1.82, 2.24) is 15.2 Å². The quantitative estimate of drug-likeness (QED) is 0.510. The van der Waals surface area contributed by atoms with E-state index in [2.05, 4.69) is 15.6 Å². The molecule has 1 amide bonds. The van der Waals surface area contributed by atoms with Crippen LogP contribution >= 0.6 is 11.3 Å². The average molecular weight is 408 g/mol. The second-order valence-electron chi connectivity index (χ2n) is 5.91. The van der Waals surface area contributed by atoms with Crippen LogP contribution in [0.15, 0.2) is 51.7 Å². The Morgan fingerprint density at radius 2 is 1.89 bits per heavy atom. The molecule has 0 unspecified atom stereocenters. The minimum absolute atomic E-state index is 0.228. The summed E-state index contributed by atoms with van der Waals surface area (Å²) in [5.74, 6) is -0.398. The van der Waals surface area contributed by atoms with Gasteiger partial charge in [-0.3, -0.25) is 14.7 Å². The Bertz CT molecular complexity index is 1080. The molecule has 0 saturated carbocycles. The van der Waals surface area contributed by atoms with E-state index >= 15 is 0 Å². The summed E-state index contributed by atoms with van der Waals surface area (Å²) < 4.78 is 39.2. The highest BCUT2D eigenvalue weighted by Crippen LogP contribution is 2.29. The smallest absolute Gasteiger partial charge is 0.295 e. The van der Waals surface area contributed by atoms with Gasteiger partial charge in [-0.1, -0.05) is 6.07 Å². The van der Waals surface area contributed by atoms with Crippen molar-refractivity contribution in [2.75, 3.05) is 0 Å². The molecule has 1 aromatic carbocycles. The van der Waals surface area contributed by atoms with Crippen molar-refractivity contribution in [2.45, 2.75) is 20.0 Å². The summed E-state index contributed by atoms with van der Waals surface area (Å²) in [6.45, 7) is 3.20. The first-order valence-electron chi connectivity index (χ1n) is 8.06. The molecule has 2 N–H and O–H groups in total. The van der Waals surface area contributed by atoms with Gasteiger partial charge < -0.3 is 0 Å². The Kier molecular flexibility index (Phi) is 5.23. The molecule has 0 aliphatic rings. The maximum atomic E-state index is 12.7. The molecule has 0 fully saturated rings. The van der Waals surface area contributed by atoms with E-state index in [0.717, 1.165) is 16.8 Å². The number of aromatic amines is 1. The molecule has 0 aliphatic carbocycles. The maximum absolute atomic E-state index is 12.7. The van der Waals surface area contributed by atoms with Crippen molar-refractivity contribution in [1.29, 1.82) is 0 Å². The summed E-state index contributed by atoms with van der Waals surface area (Å²) >= 11 is 1.26. The van der Waals surface area contributed by atoms with Crippen molar-refractivity contribution >= 4 is 23.0 Å². The van der Waals surface area contributed by atoms with Crippen LogP contribution < -0.4 is 11.0 Å². The van der Waals surface area contributed by atoms with Crippen molar-refractivity contribution < 1.29 is 18.0 Å². The maximum Gasteiger partial charge on any atom is 0.416 e. The van der Waals surface area contributed by atoms with E-state index in [1.54, 1.807) is 31.4 Å². The van der Waals surface area contributed by atoms with Crippen molar-refractivity contribution in [2.24, 2.45) is 5.10 Å². The Balaban J connectivity index is 1.88. The van der Waals surface area contributed by atoms with E-state index in [0.29, 0.717) is 10.6 Å². The predicted molar refractivity (Wildman–Crippen MR) is 100 cm³/mol. The first kappa shape index (κ1) is 19.6. The van der Waals surface area contributed by atoms with Crippen LogP contribution in [0.2, 0.25) is 0 Å². The van der Waals surface area contributed by atoms with Crippen LogP contribution in [0.5, 0.6) is 0 Å². The van der Waals surface area contributed by atoms with Crippen LogP contribution in [-0.4, -0.2) is 21.4 Å². The summed E-state index contributed by atoms with van der Waals surface area (Å²) in [7, 11) is 0. The minimum Gasteiger partial charge on any atom is -0.295 e. The molecular weight excluding hydrogens is 393 g/mol. The summed E-state index contributed by atoms with van der Waals surface area (Å²) in [4.78, 5) is 25.1. The number of hydrazone groups is 1. The molecule has 3 aromatic rings. The summed E-state index contributed by atoms with van der Waals surface area (Å²) in [5.41, 5.74) is 2.32. The molecule has 0 atom stereocenters. The summed E-state index contributed by atoms with van der Waals surface area (Å²) in [5, 5.41) is 8.54. The summed E-state index contributed by atoms with van der Waals surface area (Å²) in [6, 6.07) is 7.59. The molecule has 0 bridgehead atoms. The van der Waals surface area contributed by atoms with E-state index in [1.165, 1.54) is 23.5 Å². The molecule has 0 spiro atoms. The van der Waals surface area contributed by atoms with Gasteiger partial charge in [0.2, 0.25) is 0 Å². The van der Waals surface area contributed by atoms with Crippen molar-refractivity contribution in [3.05, 3.63) is 73.8 Å². The topological polar surface area (TPSA) is 79.2 Å². The molecule has 0 aliphatic heterocycles. The lowest BCUT2D eigenvalue weighted by Crippen LogP contribution is -2.23. The Morgan fingerprint density at radius 3 is 2.46 bits per heavy atom. The van der Waals surface area contributed by atoms with Crippen LogP contribution in [0.1, 0.15) is 33.4 Å². The number of carbonyl (C=O) groups is 1. The zero-order chi connectivity index (χ0) is 20.5. The van der Waals surface area contributed by atoms with Gasteiger partial charge in [-0.05, 0) is 49.6 Å². The van der Waals surface area contributed by atoms with Gasteiger partial charge in [0.15, 0.2) is 0 Å². The normalized spacial score (nSPS) is 12.2. The number of amides is 1. The van der Waals surface area contributed by atoms with E-state index in [4.69, 9.17) is 0 Å². The number of halogens is 3. The highest BCUT2D eigenvalue weighted by atomic mass is 32.1. The number of thiophene rings is 1. The number of hydrogen-bond acceptors (Lipinski definition) is 4. The Hall–Kier alpha value is -3.14. The largest absolute Gasteiger partial charge is 0.416 e. The molecular formula is C18H15F3N4O2S. The number of carbonyl (C=O) groups excluding carboxylic acids is 1. The third-order valence-corrected chi connectivity index (χ3v) is 4.82. The van der Waals surface area contributed by atoms with Crippen LogP contribution in [0.4, 0.5) is 13.2 Å². The first-order chi connectivity index (χ1) is 13.2. The Labute approximate surface area is 161 Å². The standard InChI is InChI=1S/C18H15F3N4O2S/c1-10(22-23-16(26)14-4-3-9-28-14)15-11(2)24-25(17(15)27)13-7-5-12(6-8-13)18(19,20)21/h3-9,24H,1-2H3,(H,23,26). The van der Waals surface area contributed by atoms with Gasteiger partial charge in [0.1, 0.15) is 0 Å². The highest BCUT2D eigenvalue weighted by Gasteiger charge is 2.30. The molecule has 28 heavy (non-hydrogen) atoms. The molecule has 10 heteroatoms. The first-order valence-corrected chi connectivity index (χ1v) is 8.94. The lowest BCUT2D eigenvalue weighted by molar-refractivity contribution is -0.137. The number of hydrogen-bond donors (Lipinski definition) is 2. The number of nitrogens with one attached hydrogen (secondary N) is 2. The van der Waals surface area contributed by atoms with Crippen molar-refractivity contribution in [3.63, 3.8) is 0 Å². The predicted octanol–water partition coefficient (Wildman–Crippen LogP) is 3.71. The summed E-state index contributed by atoms with van der Waals surface area (Å²) in [6.07, 6.45) is -4.45. The zero-order valence-electron chi connectivity index (χ0n) is 14.8. The van der Waals surface area contributed by atoms with E-state index in [-0.39, 0.29) is 17.0 Å². The van der Waals surface area contributed by atoms with Crippen LogP contribution in [-0.2, 0) is 6.18 Å². The second-order valence-corrected chi connectivity index (χ2v) is 6.86. The number of aryl methyl sites for hydroxylation is 1. The minimum atomic E-state index is -4.45. The fraction of sp³-hybridized carbons (Fsp3) is 0.167. The second kappa shape index (κ2) is 7.47. The lowest BCUT2D eigenvalue weighted by atomic mass is 10.2.